The lowest BCUT2D eigenvalue weighted by atomic mass is 9.86. The highest BCUT2D eigenvalue weighted by Crippen LogP contribution is 2.23. The van der Waals surface area contributed by atoms with Crippen molar-refractivity contribution in [1.29, 1.82) is 0 Å². The lowest BCUT2D eigenvalue weighted by molar-refractivity contribution is 0.247. The fourth-order valence-electron chi connectivity index (χ4n) is 2.01. The second kappa shape index (κ2) is 7.86. The Balaban J connectivity index is 0. The van der Waals surface area contributed by atoms with Gasteiger partial charge < -0.3 is 10.6 Å². The van der Waals surface area contributed by atoms with Gasteiger partial charge in [0, 0.05) is 12.6 Å². The summed E-state index contributed by atoms with van der Waals surface area (Å²) in [5.74, 6) is 0.855. The molecule has 0 aromatic heterocycles. The predicted molar refractivity (Wildman–Crippen MR) is 63.0 cm³/mol. The average Bonchev–Trinajstić information content (AvgIpc) is 1.85. The maximum atomic E-state index is 5.88. The number of nitrogens with zero attached hydrogens (tertiary/aromatic N) is 1. The summed E-state index contributed by atoms with van der Waals surface area (Å²) in [6, 6.07) is 0.480. The predicted octanol–water partition coefficient (Wildman–Crippen LogP) is 1.91. The van der Waals surface area contributed by atoms with E-state index in [4.69, 9.17) is 5.73 Å². The number of nitrogens with two attached hydrogens (primary N) is 1. The van der Waals surface area contributed by atoms with Crippen LogP contribution in [0, 0.1) is 5.92 Å². The van der Waals surface area contributed by atoms with Gasteiger partial charge in [-0.2, -0.15) is 0 Å². The van der Waals surface area contributed by atoms with Crippen molar-refractivity contribution in [2.75, 3.05) is 20.6 Å². The van der Waals surface area contributed by atoms with Crippen LogP contribution in [0.2, 0.25) is 0 Å². The summed E-state index contributed by atoms with van der Waals surface area (Å²) in [5.41, 5.74) is 5.88. The molecule has 0 radical (unpaired) electrons. The Bertz CT molecular complexity index is 118. The summed E-state index contributed by atoms with van der Waals surface area (Å²) < 4.78 is 0. The zero-order valence-corrected chi connectivity index (χ0v) is 10.2. The summed E-state index contributed by atoms with van der Waals surface area (Å²) in [7, 11) is 4.28. The zero-order chi connectivity index (χ0) is 8.27. The lowest BCUT2D eigenvalue weighted by Crippen LogP contribution is -2.32. The van der Waals surface area contributed by atoms with Gasteiger partial charge in [-0.25, -0.2) is 0 Å². The van der Waals surface area contributed by atoms with Gasteiger partial charge in [-0.3, -0.25) is 0 Å². The molecule has 1 fully saturated rings. The molecule has 2 N–H and O–H groups in total. The third-order valence-electron chi connectivity index (χ3n) is 2.45. The molecule has 2 atom stereocenters. The number of rotatable bonds is 2. The second-order valence-corrected chi connectivity index (χ2v) is 4.05. The summed E-state index contributed by atoms with van der Waals surface area (Å²) in [6.45, 7) is 1.22. The van der Waals surface area contributed by atoms with Crippen molar-refractivity contribution < 1.29 is 0 Å². The van der Waals surface area contributed by atoms with Crippen LogP contribution in [-0.4, -0.2) is 31.6 Å². The number of hydrogen-bond acceptors (Lipinski definition) is 2. The SMILES string of the molecule is CN(C)C[C@@H]1CCC[C@H](N)C1.Cl.Cl. The summed E-state index contributed by atoms with van der Waals surface area (Å²) in [5, 5.41) is 0. The van der Waals surface area contributed by atoms with Crippen molar-refractivity contribution in [1.82, 2.24) is 4.90 Å². The van der Waals surface area contributed by atoms with E-state index < -0.39 is 0 Å². The van der Waals surface area contributed by atoms with E-state index in [2.05, 4.69) is 19.0 Å². The van der Waals surface area contributed by atoms with Crippen LogP contribution in [-0.2, 0) is 0 Å². The molecular formula is C9H22Cl2N2. The molecule has 0 bridgehead atoms. The molecule has 0 aliphatic heterocycles. The molecule has 0 aromatic rings. The topological polar surface area (TPSA) is 29.3 Å². The van der Waals surface area contributed by atoms with E-state index in [0.29, 0.717) is 6.04 Å². The Morgan fingerprint density at radius 2 is 1.85 bits per heavy atom. The second-order valence-electron chi connectivity index (χ2n) is 4.05. The van der Waals surface area contributed by atoms with Gasteiger partial charge in [0.15, 0.2) is 0 Å². The van der Waals surface area contributed by atoms with Gasteiger partial charge in [-0.05, 0) is 39.3 Å². The van der Waals surface area contributed by atoms with Crippen LogP contribution in [0.15, 0.2) is 0 Å². The summed E-state index contributed by atoms with van der Waals surface area (Å²) in [6.07, 6.45) is 5.19. The molecule has 1 saturated carbocycles. The van der Waals surface area contributed by atoms with Crippen LogP contribution in [0.4, 0.5) is 0 Å². The molecule has 0 spiro atoms. The van der Waals surface area contributed by atoms with Gasteiger partial charge in [0.25, 0.3) is 0 Å². The van der Waals surface area contributed by atoms with E-state index in [1.165, 1.54) is 32.2 Å². The maximum absolute atomic E-state index is 5.88. The van der Waals surface area contributed by atoms with Crippen LogP contribution < -0.4 is 5.73 Å². The van der Waals surface area contributed by atoms with Gasteiger partial charge in [0.2, 0.25) is 0 Å². The smallest absolute Gasteiger partial charge is 0.00419 e. The molecule has 1 aliphatic carbocycles. The molecule has 13 heavy (non-hydrogen) atoms. The van der Waals surface area contributed by atoms with Gasteiger partial charge in [-0.1, -0.05) is 6.42 Å². The first-order valence-electron chi connectivity index (χ1n) is 4.59. The molecule has 0 unspecified atom stereocenters. The normalized spacial score (nSPS) is 27.7. The summed E-state index contributed by atoms with van der Waals surface area (Å²) >= 11 is 0. The van der Waals surface area contributed by atoms with Crippen LogP contribution in [0.25, 0.3) is 0 Å². The third kappa shape index (κ3) is 6.55. The van der Waals surface area contributed by atoms with E-state index >= 15 is 0 Å². The maximum Gasteiger partial charge on any atom is 0.00419 e. The first-order chi connectivity index (χ1) is 5.18. The monoisotopic (exact) mass is 228 g/mol. The molecule has 0 heterocycles. The van der Waals surface area contributed by atoms with E-state index in [0.717, 1.165) is 5.92 Å². The van der Waals surface area contributed by atoms with Gasteiger partial charge >= 0.3 is 0 Å². The molecule has 1 rings (SSSR count). The highest BCUT2D eigenvalue weighted by atomic mass is 35.5. The minimum atomic E-state index is 0. The van der Waals surface area contributed by atoms with E-state index in [1.54, 1.807) is 0 Å². The zero-order valence-electron chi connectivity index (χ0n) is 8.53. The standard InChI is InChI=1S/C9H20N2.2ClH/c1-11(2)7-8-4-3-5-9(10)6-8;;/h8-9H,3-7,10H2,1-2H3;2*1H/t8-,9+;;/m1../s1. The highest BCUT2D eigenvalue weighted by Gasteiger charge is 2.19. The molecule has 0 saturated heterocycles. The van der Waals surface area contributed by atoms with Crippen LogP contribution in [0.5, 0.6) is 0 Å². The largest absolute Gasteiger partial charge is 0.328 e. The lowest BCUT2D eigenvalue weighted by Gasteiger charge is -2.28. The van der Waals surface area contributed by atoms with Crippen LogP contribution in [0.3, 0.4) is 0 Å². The highest BCUT2D eigenvalue weighted by molar-refractivity contribution is 5.85. The van der Waals surface area contributed by atoms with Crippen LogP contribution in [0.1, 0.15) is 25.7 Å². The molecule has 4 heteroatoms. The van der Waals surface area contributed by atoms with Crippen molar-refractivity contribution in [3.63, 3.8) is 0 Å². The number of hydrogen-bond donors (Lipinski definition) is 1. The Morgan fingerprint density at radius 3 is 2.31 bits per heavy atom. The van der Waals surface area contributed by atoms with Crippen molar-refractivity contribution in [2.24, 2.45) is 11.7 Å². The van der Waals surface area contributed by atoms with Crippen molar-refractivity contribution in [2.45, 2.75) is 31.7 Å². The molecule has 1 aliphatic rings. The van der Waals surface area contributed by atoms with Gasteiger partial charge in [0.05, 0.1) is 0 Å². The molecular weight excluding hydrogens is 207 g/mol. The Morgan fingerprint density at radius 1 is 1.23 bits per heavy atom. The third-order valence-corrected chi connectivity index (χ3v) is 2.45. The Kier molecular flexibility index (Phi) is 9.65. The molecule has 2 nitrogen and oxygen atoms in total. The fourth-order valence-corrected chi connectivity index (χ4v) is 2.01. The van der Waals surface area contributed by atoms with Crippen molar-refractivity contribution >= 4 is 24.8 Å². The van der Waals surface area contributed by atoms with Crippen molar-refractivity contribution in [3.05, 3.63) is 0 Å². The number of halogens is 2. The molecule has 82 valence electrons. The Hall–Kier alpha value is 0.500. The first-order valence-corrected chi connectivity index (χ1v) is 4.59. The van der Waals surface area contributed by atoms with Crippen LogP contribution >= 0.6 is 24.8 Å². The quantitative estimate of drug-likeness (QED) is 0.783. The first kappa shape index (κ1) is 15.9. The molecule has 0 amide bonds. The van der Waals surface area contributed by atoms with Crippen molar-refractivity contribution in [3.8, 4) is 0 Å². The molecule has 0 aromatic carbocycles. The van der Waals surface area contributed by atoms with E-state index in [9.17, 15) is 0 Å². The summed E-state index contributed by atoms with van der Waals surface area (Å²) in [4.78, 5) is 2.27. The van der Waals surface area contributed by atoms with Gasteiger partial charge in [0.1, 0.15) is 0 Å². The van der Waals surface area contributed by atoms with Gasteiger partial charge in [-0.15, -0.1) is 24.8 Å². The van der Waals surface area contributed by atoms with E-state index in [1.807, 2.05) is 0 Å². The minimum Gasteiger partial charge on any atom is -0.328 e. The minimum absolute atomic E-state index is 0. The Labute approximate surface area is 94.1 Å². The average molecular weight is 229 g/mol. The fraction of sp³-hybridized carbons (Fsp3) is 1.00. The van der Waals surface area contributed by atoms with E-state index in [-0.39, 0.29) is 24.8 Å².